The van der Waals surface area contributed by atoms with Crippen LogP contribution in [0.1, 0.15) is 28.7 Å². The number of fused-ring (bicyclic) bond motifs is 1. The molecule has 192 valence electrons. The SMILES string of the molecule is Cc1cc([C@H]2CN(c3nc(-c4ccc(C(F)(F)F)cc4F)c4nc(C)n(C)c(=O)c4n3)CCO2)ccn1. The number of alkyl halides is 3. The van der Waals surface area contributed by atoms with Crippen molar-refractivity contribution >= 4 is 17.0 Å². The van der Waals surface area contributed by atoms with E-state index in [9.17, 15) is 18.0 Å². The average Bonchev–Trinajstić information content (AvgIpc) is 2.86. The van der Waals surface area contributed by atoms with E-state index in [0.29, 0.717) is 31.6 Å². The van der Waals surface area contributed by atoms with E-state index in [4.69, 9.17) is 4.74 Å². The number of morpholine rings is 1. The van der Waals surface area contributed by atoms with Crippen LogP contribution in [-0.4, -0.2) is 44.2 Å². The summed E-state index contributed by atoms with van der Waals surface area (Å²) in [5.74, 6) is -0.682. The van der Waals surface area contributed by atoms with Crippen molar-refractivity contribution < 1.29 is 22.3 Å². The molecule has 0 bridgehead atoms. The van der Waals surface area contributed by atoms with Crippen LogP contribution in [0.15, 0.2) is 41.3 Å². The first-order valence-electron chi connectivity index (χ1n) is 11.4. The molecule has 0 saturated carbocycles. The van der Waals surface area contributed by atoms with E-state index >= 15 is 4.39 Å². The van der Waals surface area contributed by atoms with E-state index in [1.807, 2.05) is 19.1 Å². The van der Waals surface area contributed by atoms with Crippen molar-refractivity contribution in [2.75, 3.05) is 24.6 Å². The van der Waals surface area contributed by atoms with E-state index in [2.05, 4.69) is 19.9 Å². The topological polar surface area (TPSA) is 86.0 Å². The fraction of sp³-hybridized carbons (Fsp3) is 0.320. The first-order chi connectivity index (χ1) is 17.5. The van der Waals surface area contributed by atoms with Gasteiger partial charge in [0.2, 0.25) is 5.95 Å². The molecule has 37 heavy (non-hydrogen) atoms. The molecule has 3 aromatic heterocycles. The van der Waals surface area contributed by atoms with E-state index in [0.717, 1.165) is 23.4 Å². The Morgan fingerprint density at radius 1 is 1.05 bits per heavy atom. The first kappa shape index (κ1) is 24.8. The second kappa shape index (κ2) is 9.18. The Morgan fingerprint density at radius 2 is 1.84 bits per heavy atom. The molecule has 1 saturated heterocycles. The first-order valence-corrected chi connectivity index (χ1v) is 11.4. The molecule has 1 fully saturated rings. The summed E-state index contributed by atoms with van der Waals surface area (Å²) in [6, 6.07) is 5.93. The van der Waals surface area contributed by atoms with Crippen LogP contribution < -0.4 is 10.5 Å². The number of benzene rings is 1. The van der Waals surface area contributed by atoms with Crippen LogP contribution in [0, 0.1) is 19.7 Å². The minimum atomic E-state index is -4.71. The minimum Gasteiger partial charge on any atom is -0.370 e. The van der Waals surface area contributed by atoms with Crippen LogP contribution in [0.2, 0.25) is 0 Å². The highest BCUT2D eigenvalue weighted by atomic mass is 19.4. The number of hydrogen-bond acceptors (Lipinski definition) is 7. The number of aromatic nitrogens is 5. The van der Waals surface area contributed by atoms with Crippen LogP contribution in [0.25, 0.3) is 22.3 Å². The van der Waals surface area contributed by atoms with E-state index in [-0.39, 0.29) is 34.3 Å². The van der Waals surface area contributed by atoms with Crippen LogP contribution in [-0.2, 0) is 18.0 Å². The number of pyridine rings is 1. The lowest BCUT2D eigenvalue weighted by molar-refractivity contribution is -0.137. The molecular weight excluding hydrogens is 492 g/mol. The monoisotopic (exact) mass is 514 g/mol. The predicted octanol–water partition coefficient (Wildman–Crippen LogP) is 4.14. The molecule has 1 aliphatic rings. The number of aryl methyl sites for hydroxylation is 2. The Bertz CT molecular complexity index is 1570. The number of nitrogens with zero attached hydrogens (tertiary/aromatic N) is 6. The van der Waals surface area contributed by atoms with Crippen LogP contribution in [0.3, 0.4) is 0 Å². The highest BCUT2D eigenvalue weighted by molar-refractivity contribution is 5.89. The molecule has 0 N–H and O–H groups in total. The van der Waals surface area contributed by atoms with Gasteiger partial charge >= 0.3 is 6.18 Å². The lowest BCUT2D eigenvalue weighted by atomic mass is 10.1. The van der Waals surface area contributed by atoms with E-state index in [1.165, 1.54) is 11.6 Å². The molecule has 12 heteroatoms. The highest BCUT2D eigenvalue weighted by Gasteiger charge is 2.32. The van der Waals surface area contributed by atoms with Gasteiger partial charge in [0.15, 0.2) is 5.52 Å². The molecule has 8 nitrogen and oxygen atoms in total. The summed E-state index contributed by atoms with van der Waals surface area (Å²) in [6.07, 6.45) is -3.36. The fourth-order valence-electron chi connectivity index (χ4n) is 4.25. The zero-order valence-corrected chi connectivity index (χ0v) is 20.2. The van der Waals surface area contributed by atoms with E-state index < -0.39 is 23.1 Å². The molecule has 0 radical (unpaired) electrons. The van der Waals surface area contributed by atoms with Gasteiger partial charge < -0.3 is 9.64 Å². The third-order valence-corrected chi connectivity index (χ3v) is 6.33. The average molecular weight is 514 g/mol. The van der Waals surface area contributed by atoms with Gasteiger partial charge in [-0.1, -0.05) is 0 Å². The van der Waals surface area contributed by atoms with Crippen molar-refractivity contribution in [3.63, 3.8) is 0 Å². The Morgan fingerprint density at radius 3 is 2.54 bits per heavy atom. The molecule has 1 aliphatic heterocycles. The molecule has 4 aromatic rings. The number of halogens is 4. The van der Waals surface area contributed by atoms with Gasteiger partial charge in [-0.3, -0.25) is 14.3 Å². The third-order valence-electron chi connectivity index (χ3n) is 6.33. The van der Waals surface area contributed by atoms with Gasteiger partial charge in [-0.25, -0.2) is 19.3 Å². The third kappa shape index (κ3) is 4.64. The van der Waals surface area contributed by atoms with Crippen LogP contribution >= 0.6 is 0 Å². The number of anilines is 1. The van der Waals surface area contributed by atoms with Crippen molar-refractivity contribution in [3.05, 3.63) is 75.3 Å². The Balaban J connectivity index is 1.66. The summed E-state index contributed by atoms with van der Waals surface area (Å²) in [4.78, 5) is 32.5. The molecule has 0 aliphatic carbocycles. The summed E-state index contributed by atoms with van der Waals surface area (Å²) in [5, 5.41) is 0. The minimum absolute atomic E-state index is 0.0116. The number of hydrogen-bond donors (Lipinski definition) is 0. The van der Waals surface area contributed by atoms with Crippen molar-refractivity contribution in [1.82, 2.24) is 24.5 Å². The van der Waals surface area contributed by atoms with Gasteiger partial charge in [0.1, 0.15) is 29.0 Å². The Kier molecular flexibility index (Phi) is 6.14. The fourth-order valence-corrected chi connectivity index (χ4v) is 4.25. The van der Waals surface area contributed by atoms with Gasteiger partial charge in [-0.15, -0.1) is 0 Å². The van der Waals surface area contributed by atoms with E-state index in [1.54, 1.807) is 18.0 Å². The predicted molar refractivity (Wildman–Crippen MR) is 128 cm³/mol. The molecule has 1 aromatic carbocycles. The van der Waals surface area contributed by atoms with Crippen LogP contribution in [0.4, 0.5) is 23.5 Å². The lowest BCUT2D eigenvalue weighted by Gasteiger charge is -2.33. The second-order valence-corrected chi connectivity index (χ2v) is 8.82. The summed E-state index contributed by atoms with van der Waals surface area (Å²) < 4.78 is 61.7. The smallest absolute Gasteiger partial charge is 0.370 e. The summed E-state index contributed by atoms with van der Waals surface area (Å²) in [6.45, 7) is 4.52. The maximum absolute atomic E-state index is 15.1. The second-order valence-electron chi connectivity index (χ2n) is 8.82. The summed E-state index contributed by atoms with van der Waals surface area (Å²) in [7, 11) is 1.53. The maximum atomic E-state index is 15.1. The Hall–Kier alpha value is -3.93. The molecule has 0 amide bonds. The standard InChI is InChI=1S/C25H22F4N6O2/c1-13-10-15(6-7-30-13)19-12-35(8-9-37-19)24-32-20(17-5-4-16(11-18(17)26)25(27,28)29)21-22(33-24)23(36)34(3)14(2)31-21/h4-7,10-11,19H,8-9,12H2,1-3H3/t19-/m1/s1. The van der Waals surface area contributed by atoms with Gasteiger partial charge in [0.25, 0.3) is 5.56 Å². The molecule has 0 spiro atoms. The highest BCUT2D eigenvalue weighted by Crippen LogP contribution is 2.35. The molecule has 4 heterocycles. The van der Waals surface area contributed by atoms with Gasteiger partial charge in [-0.05, 0) is 49.7 Å². The maximum Gasteiger partial charge on any atom is 0.416 e. The molecule has 0 unspecified atom stereocenters. The van der Waals surface area contributed by atoms with Crippen molar-refractivity contribution in [1.29, 1.82) is 0 Å². The quantitative estimate of drug-likeness (QED) is 0.380. The van der Waals surface area contributed by atoms with Crippen molar-refractivity contribution in [2.45, 2.75) is 26.1 Å². The zero-order valence-electron chi connectivity index (χ0n) is 20.2. The molecule has 5 rings (SSSR count). The lowest BCUT2D eigenvalue weighted by Crippen LogP contribution is -2.39. The van der Waals surface area contributed by atoms with Gasteiger partial charge in [0, 0.05) is 31.0 Å². The largest absolute Gasteiger partial charge is 0.416 e. The summed E-state index contributed by atoms with van der Waals surface area (Å²) >= 11 is 0. The Labute approximate surface area is 208 Å². The van der Waals surface area contributed by atoms with Crippen molar-refractivity contribution in [3.8, 4) is 11.3 Å². The zero-order chi connectivity index (χ0) is 26.5. The molecule has 1 atom stereocenters. The normalized spacial score (nSPS) is 16.4. The van der Waals surface area contributed by atoms with Gasteiger partial charge in [0.05, 0.1) is 18.7 Å². The molecular formula is C25H22F4N6O2. The van der Waals surface area contributed by atoms with Crippen molar-refractivity contribution in [2.24, 2.45) is 7.05 Å². The number of ether oxygens (including phenoxy) is 1. The summed E-state index contributed by atoms with van der Waals surface area (Å²) in [5.41, 5.74) is -0.199. The van der Waals surface area contributed by atoms with Crippen LogP contribution in [0.5, 0.6) is 0 Å². The van der Waals surface area contributed by atoms with Gasteiger partial charge in [-0.2, -0.15) is 13.2 Å². The number of rotatable bonds is 3.